The summed E-state index contributed by atoms with van der Waals surface area (Å²) in [5.41, 5.74) is 7.51. The van der Waals surface area contributed by atoms with Crippen molar-refractivity contribution in [1.82, 2.24) is 9.88 Å². The van der Waals surface area contributed by atoms with Gasteiger partial charge < -0.3 is 15.6 Å². The number of hydrogen-bond acceptors (Lipinski definition) is 4. The minimum atomic E-state index is -3.09. The molecule has 0 saturated carbocycles. The molecule has 6 nitrogen and oxygen atoms in total. The topological polar surface area (TPSA) is 96.3 Å². The number of anilines is 1. The minimum Gasteiger partial charge on any atom is -0.397 e. The third-order valence-electron chi connectivity index (χ3n) is 3.06. The predicted molar refractivity (Wildman–Crippen MR) is 79.4 cm³/mol. The maximum atomic E-state index is 12.2. The second kappa shape index (κ2) is 5.16. The summed E-state index contributed by atoms with van der Waals surface area (Å²) in [6, 6.07) is 7.13. The van der Waals surface area contributed by atoms with Crippen LogP contribution in [0.1, 0.15) is 10.5 Å². The van der Waals surface area contributed by atoms with Crippen LogP contribution in [0.2, 0.25) is 0 Å². The smallest absolute Gasteiger partial charge is 0.270 e. The average molecular weight is 295 g/mol. The lowest BCUT2D eigenvalue weighted by atomic mass is 10.2. The Kier molecular flexibility index (Phi) is 3.71. The summed E-state index contributed by atoms with van der Waals surface area (Å²) in [5.74, 6) is -0.318. The number of nitrogens with two attached hydrogens (primary N) is 1. The van der Waals surface area contributed by atoms with E-state index in [-0.39, 0.29) is 18.2 Å². The van der Waals surface area contributed by atoms with Crippen LogP contribution in [0.4, 0.5) is 5.69 Å². The summed E-state index contributed by atoms with van der Waals surface area (Å²) in [6.07, 6.45) is 1.15. The van der Waals surface area contributed by atoms with E-state index in [1.807, 2.05) is 12.1 Å². The Hall–Kier alpha value is -2.02. The first-order chi connectivity index (χ1) is 9.28. The number of nitrogen functional groups attached to an aromatic ring is 1. The molecule has 3 N–H and O–H groups in total. The molecule has 20 heavy (non-hydrogen) atoms. The highest BCUT2D eigenvalue weighted by Gasteiger charge is 2.16. The molecule has 0 fully saturated rings. The standard InChI is InChI=1S/C13H17N3O3S/c1-16(6-7-20(2,18)19)13(17)11-8-9-4-3-5-10(14)12(9)15-11/h3-5,8,15H,6-7,14H2,1-2H3. The minimum absolute atomic E-state index is 0.0579. The largest absolute Gasteiger partial charge is 0.397 e. The second-order valence-electron chi connectivity index (χ2n) is 4.85. The normalized spacial score (nSPS) is 11.7. The second-order valence-corrected chi connectivity index (χ2v) is 7.11. The molecule has 0 unspecified atom stereocenters. The number of rotatable bonds is 4. The molecular formula is C13H17N3O3S. The highest BCUT2D eigenvalue weighted by Crippen LogP contribution is 2.21. The number of benzene rings is 1. The Balaban J connectivity index is 2.21. The van der Waals surface area contributed by atoms with Crippen LogP contribution in [0.25, 0.3) is 10.9 Å². The van der Waals surface area contributed by atoms with E-state index >= 15 is 0 Å². The molecule has 7 heteroatoms. The van der Waals surface area contributed by atoms with Crippen molar-refractivity contribution in [3.8, 4) is 0 Å². The fourth-order valence-electron chi connectivity index (χ4n) is 1.90. The summed E-state index contributed by atoms with van der Waals surface area (Å²) in [6.45, 7) is 0.155. The van der Waals surface area contributed by atoms with Gasteiger partial charge in [-0.25, -0.2) is 8.42 Å². The molecule has 1 amide bonds. The molecule has 1 heterocycles. The van der Waals surface area contributed by atoms with Gasteiger partial charge in [-0.1, -0.05) is 12.1 Å². The maximum Gasteiger partial charge on any atom is 0.270 e. The van der Waals surface area contributed by atoms with Gasteiger partial charge in [0.25, 0.3) is 5.91 Å². The van der Waals surface area contributed by atoms with E-state index in [0.29, 0.717) is 16.9 Å². The lowest BCUT2D eigenvalue weighted by Gasteiger charge is -2.15. The summed E-state index contributed by atoms with van der Waals surface area (Å²) < 4.78 is 22.2. The van der Waals surface area contributed by atoms with E-state index < -0.39 is 9.84 Å². The highest BCUT2D eigenvalue weighted by atomic mass is 32.2. The molecule has 108 valence electrons. The first-order valence-corrected chi connectivity index (χ1v) is 8.14. The number of carbonyl (C=O) groups is 1. The molecule has 0 aliphatic heterocycles. The summed E-state index contributed by atoms with van der Waals surface area (Å²) in [4.78, 5) is 16.6. The number of nitrogens with zero attached hydrogens (tertiary/aromatic N) is 1. The number of aromatic amines is 1. The van der Waals surface area contributed by atoms with Crippen LogP contribution in [0.15, 0.2) is 24.3 Å². The molecule has 2 rings (SSSR count). The van der Waals surface area contributed by atoms with Crippen molar-refractivity contribution >= 4 is 32.3 Å². The first-order valence-electron chi connectivity index (χ1n) is 6.08. The molecule has 2 aromatic rings. The molecular weight excluding hydrogens is 278 g/mol. The van der Waals surface area contributed by atoms with Crippen LogP contribution in [0.5, 0.6) is 0 Å². The monoisotopic (exact) mass is 295 g/mol. The summed E-state index contributed by atoms with van der Waals surface area (Å²) in [5, 5.41) is 0.852. The van der Waals surface area contributed by atoms with Crippen molar-refractivity contribution in [3.05, 3.63) is 30.0 Å². The van der Waals surface area contributed by atoms with E-state index in [2.05, 4.69) is 4.98 Å². The zero-order chi connectivity index (χ0) is 14.9. The number of hydrogen-bond donors (Lipinski definition) is 2. The van der Waals surface area contributed by atoms with E-state index in [1.54, 1.807) is 19.2 Å². The van der Waals surface area contributed by atoms with Crippen LogP contribution in [-0.2, 0) is 9.84 Å². The van der Waals surface area contributed by atoms with Gasteiger partial charge >= 0.3 is 0 Å². The van der Waals surface area contributed by atoms with Gasteiger partial charge in [-0.05, 0) is 12.1 Å². The van der Waals surface area contributed by atoms with Crippen molar-refractivity contribution < 1.29 is 13.2 Å². The van der Waals surface area contributed by atoms with Crippen molar-refractivity contribution in [1.29, 1.82) is 0 Å². The molecule has 0 bridgehead atoms. The Morgan fingerprint density at radius 2 is 2.10 bits per heavy atom. The molecule has 0 radical (unpaired) electrons. The molecule has 0 spiro atoms. The first kappa shape index (κ1) is 14.4. The van der Waals surface area contributed by atoms with Gasteiger partial charge in [0.05, 0.1) is 17.0 Å². The quantitative estimate of drug-likeness (QED) is 0.818. The molecule has 0 saturated heterocycles. The number of H-pyrrole nitrogens is 1. The summed E-state index contributed by atoms with van der Waals surface area (Å²) >= 11 is 0. The van der Waals surface area contributed by atoms with Crippen molar-refractivity contribution in [3.63, 3.8) is 0 Å². The Labute approximate surface area is 117 Å². The number of carbonyl (C=O) groups excluding carboxylic acids is 1. The van der Waals surface area contributed by atoms with E-state index in [4.69, 9.17) is 5.73 Å². The third-order valence-corrected chi connectivity index (χ3v) is 3.99. The number of sulfone groups is 1. The SMILES string of the molecule is CN(CCS(C)(=O)=O)C(=O)c1cc2cccc(N)c2[nH]1. The van der Waals surface area contributed by atoms with Gasteiger partial charge in [-0.2, -0.15) is 0 Å². The fraction of sp³-hybridized carbons (Fsp3) is 0.308. The zero-order valence-electron chi connectivity index (χ0n) is 11.4. The molecule has 0 atom stereocenters. The van der Waals surface area contributed by atoms with Crippen LogP contribution in [0.3, 0.4) is 0 Å². The zero-order valence-corrected chi connectivity index (χ0v) is 12.2. The number of amides is 1. The molecule has 1 aromatic heterocycles. The van der Waals surface area contributed by atoms with Crippen LogP contribution < -0.4 is 5.73 Å². The molecule has 0 aliphatic carbocycles. The molecule has 0 aliphatic rings. The van der Waals surface area contributed by atoms with Gasteiger partial charge in [-0.3, -0.25) is 4.79 Å². The van der Waals surface area contributed by atoms with Crippen LogP contribution >= 0.6 is 0 Å². The van der Waals surface area contributed by atoms with Gasteiger partial charge in [0.2, 0.25) is 0 Å². The third kappa shape index (κ3) is 3.11. The lowest BCUT2D eigenvalue weighted by molar-refractivity contribution is 0.0798. The van der Waals surface area contributed by atoms with Crippen molar-refractivity contribution in [2.45, 2.75) is 0 Å². The van der Waals surface area contributed by atoms with Crippen molar-refractivity contribution in [2.75, 3.05) is 31.3 Å². The number of nitrogens with one attached hydrogen (secondary N) is 1. The average Bonchev–Trinajstić information content (AvgIpc) is 2.79. The maximum absolute atomic E-state index is 12.2. The van der Waals surface area contributed by atoms with E-state index in [9.17, 15) is 13.2 Å². The Morgan fingerprint density at radius 3 is 2.70 bits per heavy atom. The number of aromatic nitrogens is 1. The van der Waals surface area contributed by atoms with Crippen molar-refractivity contribution in [2.24, 2.45) is 0 Å². The van der Waals surface area contributed by atoms with E-state index in [0.717, 1.165) is 11.6 Å². The van der Waals surface area contributed by atoms with Gasteiger partial charge in [0.15, 0.2) is 0 Å². The van der Waals surface area contributed by atoms with E-state index in [1.165, 1.54) is 4.90 Å². The fourth-order valence-corrected chi connectivity index (χ4v) is 2.51. The van der Waals surface area contributed by atoms with Gasteiger partial charge in [-0.15, -0.1) is 0 Å². The Bertz CT molecular complexity index is 749. The van der Waals surface area contributed by atoms with Crippen LogP contribution in [0, 0.1) is 0 Å². The molecule has 1 aromatic carbocycles. The number of fused-ring (bicyclic) bond motifs is 1. The highest BCUT2D eigenvalue weighted by molar-refractivity contribution is 7.90. The Morgan fingerprint density at radius 1 is 1.40 bits per heavy atom. The lowest BCUT2D eigenvalue weighted by Crippen LogP contribution is -2.31. The van der Waals surface area contributed by atoms with Crippen LogP contribution in [-0.4, -0.2) is 49.8 Å². The number of para-hydroxylation sites is 1. The predicted octanol–water partition coefficient (Wildman–Crippen LogP) is 0.867. The summed E-state index contributed by atoms with van der Waals surface area (Å²) in [7, 11) is -1.52. The van der Waals surface area contributed by atoms with Gasteiger partial charge in [0, 0.05) is 25.2 Å². The van der Waals surface area contributed by atoms with Gasteiger partial charge in [0.1, 0.15) is 15.5 Å².